The van der Waals surface area contributed by atoms with Gasteiger partial charge in [0.1, 0.15) is 0 Å². The van der Waals surface area contributed by atoms with Crippen molar-refractivity contribution >= 4 is 22.9 Å². The second-order valence-electron chi connectivity index (χ2n) is 4.46. The second-order valence-corrected chi connectivity index (χ2v) is 4.46. The maximum Gasteiger partial charge on any atom is 0.404 e. The van der Waals surface area contributed by atoms with Crippen LogP contribution in [0, 0.1) is 0 Å². The van der Waals surface area contributed by atoms with Gasteiger partial charge in [-0.05, 0) is 19.1 Å². The Hall–Kier alpha value is -2.57. The normalized spacial score (nSPS) is 12.1. The molecule has 2 aromatic heterocycles. The van der Waals surface area contributed by atoms with Crippen LogP contribution in [0.15, 0.2) is 24.5 Å². The van der Waals surface area contributed by atoms with Crippen molar-refractivity contribution in [1.82, 2.24) is 20.6 Å². The summed E-state index contributed by atoms with van der Waals surface area (Å²) in [6.45, 7) is 1.96. The minimum atomic E-state index is -1.13. The maximum absolute atomic E-state index is 11.7. The molecule has 0 radical (unpaired) electrons. The molecule has 0 bridgehead atoms. The molecule has 0 saturated carbocycles. The summed E-state index contributed by atoms with van der Waals surface area (Å²) >= 11 is 0. The van der Waals surface area contributed by atoms with Crippen LogP contribution in [0.1, 0.15) is 25.1 Å². The van der Waals surface area contributed by atoms with Gasteiger partial charge in [0.2, 0.25) is 5.91 Å². The fourth-order valence-corrected chi connectivity index (χ4v) is 1.90. The van der Waals surface area contributed by atoms with Crippen molar-refractivity contribution in [2.24, 2.45) is 0 Å². The van der Waals surface area contributed by atoms with Crippen molar-refractivity contribution in [3.8, 4) is 0 Å². The number of nitrogens with zero attached hydrogens (tertiary/aromatic N) is 1. The van der Waals surface area contributed by atoms with Gasteiger partial charge in [-0.25, -0.2) is 4.79 Å². The summed E-state index contributed by atoms with van der Waals surface area (Å²) in [7, 11) is 0. The molecule has 7 nitrogen and oxygen atoms in total. The average Bonchev–Trinajstić information content (AvgIpc) is 2.82. The van der Waals surface area contributed by atoms with E-state index in [0.29, 0.717) is 0 Å². The SMILES string of the molecule is CC(NC(=O)CCNC(=O)O)c1cc2ccncc2[nH]1. The molecule has 0 aliphatic carbocycles. The second kappa shape index (κ2) is 6.05. The Morgan fingerprint density at radius 3 is 3.00 bits per heavy atom. The molecule has 7 heteroatoms. The summed E-state index contributed by atoms with van der Waals surface area (Å²) in [5, 5.41) is 14.4. The molecule has 0 aliphatic rings. The lowest BCUT2D eigenvalue weighted by Gasteiger charge is -2.12. The van der Waals surface area contributed by atoms with Crippen LogP contribution in [0.4, 0.5) is 4.79 Å². The number of H-pyrrole nitrogens is 1. The van der Waals surface area contributed by atoms with Crippen LogP contribution in [0.25, 0.3) is 10.9 Å². The molecule has 2 amide bonds. The van der Waals surface area contributed by atoms with E-state index in [1.807, 2.05) is 19.1 Å². The number of amides is 2. The van der Waals surface area contributed by atoms with Gasteiger partial charge < -0.3 is 20.7 Å². The zero-order chi connectivity index (χ0) is 14.5. The Balaban J connectivity index is 1.92. The predicted molar refractivity (Wildman–Crippen MR) is 73.3 cm³/mol. The van der Waals surface area contributed by atoms with Gasteiger partial charge in [0, 0.05) is 30.2 Å². The number of carbonyl (C=O) groups is 2. The lowest BCUT2D eigenvalue weighted by atomic mass is 10.2. The van der Waals surface area contributed by atoms with Crippen LogP contribution >= 0.6 is 0 Å². The summed E-state index contributed by atoms with van der Waals surface area (Å²) in [5.74, 6) is -0.206. The highest BCUT2D eigenvalue weighted by Crippen LogP contribution is 2.18. The molecule has 2 rings (SSSR count). The van der Waals surface area contributed by atoms with Crippen molar-refractivity contribution < 1.29 is 14.7 Å². The quantitative estimate of drug-likeness (QED) is 0.662. The van der Waals surface area contributed by atoms with Crippen LogP contribution in [0.3, 0.4) is 0 Å². The van der Waals surface area contributed by atoms with Gasteiger partial charge in [0.15, 0.2) is 0 Å². The van der Waals surface area contributed by atoms with E-state index in [2.05, 4.69) is 20.6 Å². The van der Waals surface area contributed by atoms with Gasteiger partial charge in [0.25, 0.3) is 0 Å². The number of carbonyl (C=O) groups excluding carboxylic acids is 1. The van der Waals surface area contributed by atoms with E-state index in [-0.39, 0.29) is 24.9 Å². The topological polar surface area (TPSA) is 107 Å². The third kappa shape index (κ3) is 3.47. The van der Waals surface area contributed by atoms with E-state index in [1.54, 1.807) is 12.4 Å². The van der Waals surface area contributed by atoms with E-state index in [4.69, 9.17) is 5.11 Å². The highest BCUT2D eigenvalue weighted by atomic mass is 16.4. The monoisotopic (exact) mass is 276 g/mol. The standard InChI is InChI=1S/C13H16N4O3/c1-8(16-12(18)3-5-15-13(19)20)10-6-9-2-4-14-7-11(9)17-10/h2,4,6-8,15,17H,3,5H2,1H3,(H,16,18)(H,19,20). The van der Waals surface area contributed by atoms with Crippen molar-refractivity contribution in [1.29, 1.82) is 0 Å². The van der Waals surface area contributed by atoms with E-state index in [1.165, 1.54) is 0 Å². The summed E-state index contributed by atoms with van der Waals surface area (Å²) < 4.78 is 0. The minimum absolute atomic E-state index is 0.102. The van der Waals surface area contributed by atoms with Gasteiger partial charge in [-0.1, -0.05) is 0 Å². The lowest BCUT2D eigenvalue weighted by Crippen LogP contribution is -2.31. The van der Waals surface area contributed by atoms with Gasteiger partial charge in [-0.2, -0.15) is 0 Å². The number of nitrogens with one attached hydrogen (secondary N) is 3. The van der Waals surface area contributed by atoms with Crippen LogP contribution in [0.5, 0.6) is 0 Å². The zero-order valence-electron chi connectivity index (χ0n) is 11.0. The minimum Gasteiger partial charge on any atom is -0.465 e. The van der Waals surface area contributed by atoms with Gasteiger partial charge in [-0.15, -0.1) is 0 Å². The molecular formula is C13H16N4O3. The molecule has 0 aliphatic heterocycles. The van der Waals surface area contributed by atoms with Crippen molar-refractivity contribution in [3.63, 3.8) is 0 Å². The smallest absolute Gasteiger partial charge is 0.404 e. The third-order valence-corrected chi connectivity index (χ3v) is 2.92. The number of carboxylic acid groups (broad SMARTS) is 1. The van der Waals surface area contributed by atoms with Gasteiger partial charge in [0.05, 0.1) is 17.8 Å². The third-order valence-electron chi connectivity index (χ3n) is 2.92. The zero-order valence-corrected chi connectivity index (χ0v) is 11.0. The van der Waals surface area contributed by atoms with Gasteiger partial charge >= 0.3 is 6.09 Å². The molecule has 2 heterocycles. The van der Waals surface area contributed by atoms with Crippen molar-refractivity contribution in [2.45, 2.75) is 19.4 Å². The first-order chi connectivity index (χ1) is 9.56. The molecule has 20 heavy (non-hydrogen) atoms. The number of fused-ring (bicyclic) bond motifs is 1. The molecule has 2 aromatic rings. The van der Waals surface area contributed by atoms with Crippen LogP contribution in [0.2, 0.25) is 0 Å². The Bertz CT molecular complexity index is 590. The van der Waals surface area contributed by atoms with E-state index < -0.39 is 6.09 Å². The average molecular weight is 276 g/mol. The molecule has 0 fully saturated rings. The molecule has 1 atom stereocenters. The Morgan fingerprint density at radius 2 is 2.30 bits per heavy atom. The first-order valence-corrected chi connectivity index (χ1v) is 6.25. The lowest BCUT2D eigenvalue weighted by molar-refractivity contribution is -0.121. The summed E-state index contributed by atoms with van der Waals surface area (Å²) in [5.41, 5.74) is 1.80. The fourth-order valence-electron chi connectivity index (χ4n) is 1.90. The van der Waals surface area contributed by atoms with Crippen LogP contribution in [-0.2, 0) is 4.79 Å². The number of aromatic nitrogens is 2. The summed E-state index contributed by atoms with van der Waals surface area (Å²) in [6.07, 6.45) is 2.41. The number of aromatic amines is 1. The molecule has 0 spiro atoms. The molecule has 1 unspecified atom stereocenters. The maximum atomic E-state index is 11.7. The molecular weight excluding hydrogens is 260 g/mol. The van der Waals surface area contributed by atoms with E-state index >= 15 is 0 Å². The highest BCUT2D eigenvalue weighted by molar-refractivity contribution is 5.80. The Labute approximate surface area is 115 Å². The van der Waals surface area contributed by atoms with Crippen molar-refractivity contribution in [2.75, 3.05) is 6.54 Å². The fraction of sp³-hybridized carbons (Fsp3) is 0.308. The predicted octanol–water partition coefficient (Wildman–Crippen LogP) is 1.40. The number of pyridine rings is 1. The largest absolute Gasteiger partial charge is 0.465 e. The first kappa shape index (κ1) is 13.9. The van der Waals surface area contributed by atoms with Gasteiger partial charge in [-0.3, -0.25) is 9.78 Å². The first-order valence-electron chi connectivity index (χ1n) is 6.25. The Morgan fingerprint density at radius 1 is 1.50 bits per heavy atom. The van der Waals surface area contributed by atoms with Crippen molar-refractivity contribution in [3.05, 3.63) is 30.2 Å². The molecule has 106 valence electrons. The highest BCUT2D eigenvalue weighted by Gasteiger charge is 2.12. The molecule has 0 saturated heterocycles. The van der Waals surface area contributed by atoms with E-state index in [9.17, 15) is 9.59 Å². The van der Waals surface area contributed by atoms with Crippen LogP contribution < -0.4 is 10.6 Å². The number of hydrogen-bond donors (Lipinski definition) is 4. The Kier molecular flexibility index (Phi) is 4.19. The van der Waals surface area contributed by atoms with Crippen LogP contribution in [-0.4, -0.2) is 33.6 Å². The molecule has 4 N–H and O–H groups in total. The summed E-state index contributed by atoms with van der Waals surface area (Å²) in [4.78, 5) is 29.1. The molecule has 0 aromatic carbocycles. The summed E-state index contributed by atoms with van der Waals surface area (Å²) in [6, 6.07) is 3.66. The van der Waals surface area contributed by atoms with E-state index in [0.717, 1.165) is 16.6 Å². The number of rotatable bonds is 5. The number of hydrogen-bond acceptors (Lipinski definition) is 3.